The Morgan fingerprint density at radius 3 is 1.61 bits per heavy atom. The summed E-state index contributed by atoms with van der Waals surface area (Å²) >= 11 is 0. The summed E-state index contributed by atoms with van der Waals surface area (Å²) in [6.45, 7) is 10.1. The van der Waals surface area contributed by atoms with Gasteiger partial charge < -0.3 is 45.0 Å². The van der Waals surface area contributed by atoms with Crippen LogP contribution in [0.15, 0.2) is 54.7 Å². The van der Waals surface area contributed by atoms with E-state index in [0.717, 1.165) is 47.2 Å². The molecule has 4 amide bonds. The number of nitrogens with zero attached hydrogens (tertiary/aromatic N) is 4. The molecule has 59 heavy (non-hydrogen) atoms. The fraction of sp³-hybridized carbons (Fsp3) is 0.465. The average Bonchev–Trinajstić information content (AvgIpc) is 4.07. The molecule has 2 fully saturated rings. The van der Waals surface area contributed by atoms with E-state index in [9.17, 15) is 29.1 Å². The summed E-state index contributed by atoms with van der Waals surface area (Å²) in [5.41, 5.74) is 5.21. The number of methoxy groups -OCH3 is 2. The predicted octanol–water partition coefficient (Wildman–Crippen LogP) is 6.41. The van der Waals surface area contributed by atoms with Crippen LogP contribution in [0.3, 0.4) is 0 Å². The molecule has 0 saturated carbocycles. The van der Waals surface area contributed by atoms with E-state index in [4.69, 9.17) is 19.4 Å². The van der Waals surface area contributed by atoms with Crippen LogP contribution in [0.2, 0.25) is 0 Å². The van der Waals surface area contributed by atoms with Gasteiger partial charge in [0, 0.05) is 30.4 Å². The van der Waals surface area contributed by atoms with E-state index in [2.05, 4.69) is 20.6 Å². The van der Waals surface area contributed by atoms with Gasteiger partial charge in [-0.2, -0.15) is 0 Å². The van der Waals surface area contributed by atoms with Crippen molar-refractivity contribution in [2.45, 2.75) is 90.4 Å². The van der Waals surface area contributed by atoms with Crippen LogP contribution in [-0.2, 0) is 23.9 Å². The fourth-order valence-electron chi connectivity index (χ4n) is 7.92. The molecule has 6 rings (SSSR count). The molecular weight excluding hydrogens is 757 g/mol. The summed E-state index contributed by atoms with van der Waals surface area (Å²) in [7, 11) is 2.53. The summed E-state index contributed by atoms with van der Waals surface area (Å²) < 4.78 is 9.51. The van der Waals surface area contributed by atoms with Gasteiger partial charge in [-0.15, -0.1) is 0 Å². The quantitative estimate of drug-likeness (QED) is 0.100. The Kier molecular flexibility index (Phi) is 13.1. The number of ether oxygens (including phenoxy) is 2. The number of carbonyl (C=O) groups is 5. The molecule has 314 valence electrons. The molecule has 2 aromatic heterocycles. The SMILES string of the molecule is COC(=O)N[C@H](C(=O)N1CCC[C@H]1c1nc(-c2ccc(-c3ccc(-c4nc([C@@H]5CCCN5C(=O)[C@@H](NC(=O)OC)C(C)C)[nH]c4C(C)C(=O)O)cc3)cc2)c[nH]1)C(C)C. The molecule has 16 heteroatoms. The van der Waals surface area contributed by atoms with Crippen molar-refractivity contribution >= 4 is 30.0 Å². The number of H-pyrrole nitrogens is 2. The van der Waals surface area contributed by atoms with Crippen LogP contribution in [-0.4, -0.2) is 104 Å². The molecule has 16 nitrogen and oxygen atoms in total. The number of likely N-dealkylation sites (tertiary alicyclic amines) is 2. The largest absolute Gasteiger partial charge is 0.481 e. The first-order valence-corrected chi connectivity index (χ1v) is 20.1. The summed E-state index contributed by atoms with van der Waals surface area (Å²) in [6.07, 6.45) is 3.43. The van der Waals surface area contributed by atoms with Crippen LogP contribution in [0.1, 0.15) is 95.6 Å². The lowest BCUT2D eigenvalue weighted by molar-refractivity contribution is -0.138. The number of aromatic amines is 2. The average molecular weight is 811 g/mol. The molecule has 0 radical (unpaired) electrons. The number of carboxylic acid groups (broad SMARTS) is 1. The maximum atomic E-state index is 13.8. The van der Waals surface area contributed by atoms with E-state index in [1.54, 1.807) is 16.7 Å². The minimum Gasteiger partial charge on any atom is -0.481 e. The Morgan fingerprint density at radius 1 is 0.695 bits per heavy atom. The number of aromatic nitrogens is 4. The number of amides is 4. The van der Waals surface area contributed by atoms with Crippen LogP contribution in [0, 0.1) is 11.8 Å². The minimum atomic E-state index is -1.01. The highest BCUT2D eigenvalue weighted by Crippen LogP contribution is 2.37. The van der Waals surface area contributed by atoms with Crippen LogP contribution in [0.25, 0.3) is 33.6 Å². The van der Waals surface area contributed by atoms with Crippen LogP contribution in [0.4, 0.5) is 9.59 Å². The second-order valence-electron chi connectivity index (χ2n) is 15.9. The molecule has 2 aliphatic heterocycles. The zero-order valence-corrected chi connectivity index (χ0v) is 34.6. The van der Waals surface area contributed by atoms with Crippen molar-refractivity contribution in [2.24, 2.45) is 11.8 Å². The van der Waals surface area contributed by atoms with Gasteiger partial charge in [0.25, 0.3) is 0 Å². The molecule has 2 saturated heterocycles. The van der Waals surface area contributed by atoms with Gasteiger partial charge >= 0.3 is 18.2 Å². The van der Waals surface area contributed by atoms with Crippen molar-refractivity contribution in [1.82, 2.24) is 40.4 Å². The summed E-state index contributed by atoms with van der Waals surface area (Å²) in [4.78, 5) is 83.4. The van der Waals surface area contributed by atoms with Gasteiger partial charge in [-0.25, -0.2) is 19.6 Å². The van der Waals surface area contributed by atoms with Gasteiger partial charge in [-0.1, -0.05) is 76.2 Å². The molecule has 0 spiro atoms. The second-order valence-corrected chi connectivity index (χ2v) is 15.9. The zero-order valence-electron chi connectivity index (χ0n) is 34.6. The van der Waals surface area contributed by atoms with Gasteiger partial charge in [-0.3, -0.25) is 14.4 Å². The Morgan fingerprint density at radius 2 is 1.15 bits per heavy atom. The van der Waals surface area contributed by atoms with E-state index < -0.39 is 42.2 Å². The predicted molar refractivity (Wildman–Crippen MR) is 219 cm³/mol. The monoisotopic (exact) mass is 810 g/mol. The third kappa shape index (κ3) is 9.11. The normalized spacial score (nSPS) is 18.1. The lowest BCUT2D eigenvalue weighted by atomic mass is 9.98. The Labute approximate surface area is 343 Å². The van der Waals surface area contributed by atoms with Crippen LogP contribution >= 0.6 is 0 Å². The molecule has 1 unspecified atom stereocenters. The van der Waals surface area contributed by atoms with Crippen molar-refractivity contribution in [2.75, 3.05) is 27.3 Å². The highest BCUT2D eigenvalue weighted by atomic mass is 16.5. The Balaban J connectivity index is 1.19. The van der Waals surface area contributed by atoms with Crippen molar-refractivity contribution in [3.05, 3.63) is 72.1 Å². The summed E-state index contributed by atoms with van der Waals surface area (Å²) in [5.74, 6) is -1.46. The van der Waals surface area contributed by atoms with E-state index in [1.165, 1.54) is 14.2 Å². The summed E-state index contributed by atoms with van der Waals surface area (Å²) in [5, 5.41) is 15.4. The highest BCUT2D eigenvalue weighted by molar-refractivity contribution is 5.87. The maximum absolute atomic E-state index is 13.8. The standard InChI is InChI=1S/C43H54N8O8/c1-23(2)33(48-42(56)58-6)39(52)50-20-8-10-31(50)37-44-22-30(45-37)28-16-12-26(13-17-28)27-14-18-29(19-15-27)36-35(25(5)41(54)55)46-38(47-36)32-11-9-21-51(32)40(53)34(24(3)4)49-43(57)59-7/h12-19,22-25,31-34H,8-11,20-21H2,1-7H3,(H,44,45)(H,46,47)(H,48,56)(H,49,57)(H,54,55)/t25?,31-,32-,33-,34-/m0/s1. The number of aliphatic carboxylic acids is 1. The number of benzene rings is 2. The van der Waals surface area contributed by atoms with E-state index in [0.29, 0.717) is 42.5 Å². The van der Waals surface area contributed by atoms with Gasteiger partial charge in [-0.05, 0) is 55.6 Å². The molecule has 4 aromatic rings. The molecule has 5 N–H and O–H groups in total. The van der Waals surface area contributed by atoms with Crippen molar-refractivity contribution in [3.63, 3.8) is 0 Å². The van der Waals surface area contributed by atoms with E-state index >= 15 is 0 Å². The maximum Gasteiger partial charge on any atom is 0.407 e. The third-order valence-electron chi connectivity index (χ3n) is 11.3. The lowest BCUT2D eigenvalue weighted by Gasteiger charge is -2.30. The molecule has 0 bridgehead atoms. The molecular formula is C43H54N8O8. The number of nitrogens with one attached hydrogen (secondary N) is 4. The third-order valence-corrected chi connectivity index (χ3v) is 11.3. The minimum absolute atomic E-state index is 0.129. The van der Waals surface area contributed by atoms with E-state index in [-0.39, 0.29) is 29.7 Å². The molecule has 5 atom stereocenters. The number of alkyl carbamates (subject to hydrolysis) is 2. The zero-order chi connectivity index (χ0) is 42.5. The number of carboxylic acids is 1. The highest BCUT2D eigenvalue weighted by Gasteiger charge is 2.39. The summed E-state index contributed by atoms with van der Waals surface area (Å²) in [6, 6.07) is 13.5. The smallest absolute Gasteiger partial charge is 0.407 e. The fourth-order valence-corrected chi connectivity index (χ4v) is 7.92. The molecule has 2 aromatic carbocycles. The lowest BCUT2D eigenvalue weighted by Crippen LogP contribution is -2.51. The number of imidazole rings is 2. The van der Waals surface area contributed by atoms with Crippen molar-refractivity contribution in [3.8, 4) is 33.6 Å². The number of hydrogen-bond donors (Lipinski definition) is 5. The first-order chi connectivity index (χ1) is 28.2. The number of carbonyl (C=O) groups excluding carboxylic acids is 4. The van der Waals surface area contributed by atoms with E-state index in [1.807, 2.05) is 82.4 Å². The molecule has 4 heterocycles. The molecule has 0 aliphatic carbocycles. The number of rotatable bonds is 13. The van der Waals surface area contributed by atoms with Crippen molar-refractivity contribution in [1.29, 1.82) is 0 Å². The van der Waals surface area contributed by atoms with Gasteiger partial charge in [0.15, 0.2) is 0 Å². The first-order valence-electron chi connectivity index (χ1n) is 20.1. The second kappa shape index (κ2) is 18.2. The van der Waals surface area contributed by atoms with Gasteiger partial charge in [0.1, 0.15) is 23.7 Å². The van der Waals surface area contributed by atoms with Crippen LogP contribution < -0.4 is 10.6 Å². The Hall–Kier alpha value is -6.19. The van der Waals surface area contributed by atoms with Crippen molar-refractivity contribution < 1.29 is 38.6 Å². The first kappa shape index (κ1) is 42.4. The topological polar surface area (TPSA) is 212 Å². The van der Waals surface area contributed by atoms with Gasteiger partial charge in [0.05, 0.1) is 49.3 Å². The number of hydrogen-bond acceptors (Lipinski definition) is 9. The Bertz CT molecular complexity index is 2140. The van der Waals surface area contributed by atoms with Crippen LogP contribution in [0.5, 0.6) is 0 Å². The van der Waals surface area contributed by atoms with Gasteiger partial charge in [0.2, 0.25) is 11.8 Å². The molecule has 2 aliphatic rings.